The molecule has 0 N–H and O–H groups in total. The van der Waals surface area contributed by atoms with Crippen LogP contribution >= 0.6 is 15.9 Å². The molecule has 65 valence electrons. The molecule has 0 amide bonds. The molecule has 0 spiro atoms. The average Bonchev–Trinajstić information content (AvgIpc) is 1.56. The van der Waals surface area contributed by atoms with Gasteiger partial charge >= 0.3 is 12.4 Å². The molecule has 0 atom stereocenters. The highest BCUT2D eigenvalue weighted by Crippen LogP contribution is 2.38. The molecule has 0 bridgehead atoms. The number of hydrogen-bond donors (Lipinski definition) is 0. The number of alkyl halides is 6. The van der Waals surface area contributed by atoms with Crippen molar-refractivity contribution in [3.8, 4) is 0 Å². The predicted octanol–water partition coefficient (Wildman–Crippen LogP) is 3.19. The Balaban J connectivity index is 4.74. The summed E-state index contributed by atoms with van der Waals surface area (Å²) in [7, 11) is 0. The lowest BCUT2D eigenvalue weighted by Crippen LogP contribution is -2.25. The number of allylic oxidation sites excluding steroid dienone is 1. The lowest BCUT2D eigenvalue weighted by atomic mass is 10.3. The Bertz CT molecular complexity index is 146. The molecule has 0 saturated heterocycles. The summed E-state index contributed by atoms with van der Waals surface area (Å²) in [5.74, 6) is 0. The third-order valence-electron chi connectivity index (χ3n) is 0.661. The van der Waals surface area contributed by atoms with Crippen molar-refractivity contribution in [1.29, 1.82) is 0 Å². The topological polar surface area (TPSA) is 0 Å². The van der Waals surface area contributed by atoms with Gasteiger partial charge in [-0.15, -0.1) is 0 Å². The van der Waals surface area contributed by atoms with E-state index >= 15 is 0 Å². The quantitative estimate of drug-likeness (QED) is 0.572. The molecule has 0 nitrogen and oxygen atoms in total. The molecule has 0 aromatic carbocycles. The van der Waals surface area contributed by atoms with E-state index in [4.69, 9.17) is 0 Å². The van der Waals surface area contributed by atoms with E-state index in [1.165, 1.54) is 0 Å². The highest BCUT2D eigenvalue weighted by atomic mass is 79.9. The minimum Gasteiger partial charge on any atom is -0.166 e. The van der Waals surface area contributed by atoms with Crippen molar-refractivity contribution in [3.63, 3.8) is 0 Å². The molecule has 7 heteroatoms. The zero-order chi connectivity index (χ0) is 9.28. The van der Waals surface area contributed by atoms with Crippen molar-refractivity contribution >= 4 is 15.9 Å². The molecule has 0 aromatic rings. The van der Waals surface area contributed by atoms with Crippen molar-refractivity contribution in [2.75, 3.05) is 0 Å². The number of hydrogen-bond acceptors (Lipinski definition) is 0. The van der Waals surface area contributed by atoms with Crippen LogP contribution in [0.5, 0.6) is 0 Å². The third-order valence-corrected chi connectivity index (χ3v) is 1.06. The fourth-order valence-corrected chi connectivity index (χ4v) is 0.717. The first-order chi connectivity index (χ1) is 4.69. The van der Waals surface area contributed by atoms with E-state index in [-0.39, 0.29) is 0 Å². The first kappa shape index (κ1) is 10.8. The second-order valence-electron chi connectivity index (χ2n) is 1.47. The summed E-state index contributed by atoms with van der Waals surface area (Å²) >= 11 is 1.86. The van der Waals surface area contributed by atoms with Crippen LogP contribution in [0.3, 0.4) is 0 Å². The molecule has 0 rings (SSSR count). The zero-order valence-electron chi connectivity index (χ0n) is 4.65. The van der Waals surface area contributed by atoms with Gasteiger partial charge in [0, 0.05) is 4.99 Å². The van der Waals surface area contributed by atoms with Crippen molar-refractivity contribution in [2.45, 2.75) is 12.4 Å². The first-order valence-corrected chi connectivity index (χ1v) is 2.87. The van der Waals surface area contributed by atoms with Crippen LogP contribution in [0.25, 0.3) is 0 Å². The molecule has 0 heterocycles. The van der Waals surface area contributed by atoms with E-state index in [1.807, 2.05) is 15.9 Å². The molecule has 0 aliphatic heterocycles. The molecule has 0 unspecified atom stereocenters. The van der Waals surface area contributed by atoms with Crippen LogP contribution in [0, 0.1) is 4.99 Å². The van der Waals surface area contributed by atoms with E-state index < -0.39 is 17.9 Å². The lowest BCUT2D eigenvalue weighted by Gasteiger charge is -2.12. The average molecular weight is 242 g/mol. The van der Waals surface area contributed by atoms with Gasteiger partial charge in [0.2, 0.25) is 0 Å². The normalized spacial score (nSPS) is 13.0. The molecular weight excluding hydrogens is 242 g/mol. The van der Waals surface area contributed by atoms with Gasteiger partial charge in [-0.2, -0.15) is 26.3 Å². The lowest BCUT2D eigenvalue weighted by molar-refractivity contribution is -0.172. The number of halogens is 7. The highest BCUT2D eigenvalue weighted by molar-refractivity contribution is 9.10. The van der Waals surface area contributed by atoms with Crippen molar-refractivity contribution in [2.24, 2.45) is 0 Å². The van der Waals surface area contributed by atoms with Gasteiger partial charge < -0.3 is 0 Å². The summed E-state index contributed by atoms with van der Waals surface area (Å²) in [5.41, 5.74) is -2.68. The molecule has 0 aromatic heterocycles. The van der Waals surface area contributed by atoms with Crippen LogP contribution in [0.2, 0.25) is 0 Å². The summed E-state index contributed by atoms with van der Waals surface area (Å²) in [5, 5.41) is 0. The first-order valence-electron chi connectivity index (χ1n) is 2.07. The Morgan fingerprint density at radius 1 is 0.909 bits per heavy atom. The van der Waals surface area contributed by atoms with Gasteiger partial charge in [-0.3, -0.25) is 0 Å². The Hall–Kier alpha value is -0.200. The van der Waals surface area contributed by atoms with Crippen LogP contribution in [0.15, 0.2) is 5.57 Å². The summed E-state index contributed by atoms with van der Waals surface area (Å²) < 4.78 is 68.2. The molecule has 0 aliphatic carbocycles. The van der Waals surface area contributed by atoms with Crippen LogP contribution in [0.1, 0.15) is 0 Å². The van der Waals surface area contributed by atoms with Crippen molar-refractivity contribution in [1.82, 2.24) is 0 Å². The summed E-state index contributed by atoms with van der Waals surface area (Å²) in [6.45, 7) is 0. The van der Waals surface area contributed by atoms with Gasteiger partial charge in [0.1, 0.15) is 0 Å². The minimum atomic E-state index is -5.41. The Labute approximate surface area is 66.0 Å². The second kappa shape index (κ2) is 3.04. The molecule has 11 heavy (non-hydrogen) atoms. The minimum absolute atomic E-state index is 0.861. The summed E-state index contributed by atoms with van der Waals surface area (Å²) in [4.78, 5) is 0.861. The maximum atomic E-state index is 11.4. The maximum absolute atomic E-state index is 11.4. The molecule has 0 saturated carbocycles. The summed E-state index contributed by atoms with van der Waals surface area (Å²) in [6.07, 6.45) is -10.8. The van der Waals surface area contributed by atoms with Crippen LogP contribution < -0.4 is 0 Å². The smallest absolute Gasteiger partial charge is 0.166 e. The Morgan fingerprint density at radius 2 is 1.18 bits per heavy atom. The van der Waals surface area contributed by atoms with Gasteiger partial charge in [-0.05, 0) is 15.9 Å². The van der Waals surface area contributed by atoms with E-state index in [0.717, 1.165) is 4.99 Å². The maximum Gasteiger partial charge on any atom is 0.422 e. The van der Waals surface area contributed by atoms with Gasteiger partial charge in [-0.25, -0.2) is 0 Å². The molecule has 0 fully saturated rings. The van der Waals surface area contributed by atoms with Crippen LogP contribution in [-0.2, 0) is 0 Å². The predicted molar refractivity (Wildman–Crippen MR) is 27.8 cm³/mol. The van der Waals surface area contributed by atoms with Gasteiger partial charge in [0.25, 0.3) is 0 Å². The van der Waals surface area contributed by atoms with Crippen molar-refractivity contribution in [3.05, 3.63) is 10.6 Å². The van der Waals surface area contributed by atoms with E-state index in [2.05, 4.69) is 0 Å². The molecule has 1 radical (unpaired) electrons. The third kappa shape index (κ3) is 3.13. The van der Waals surface area contributed by atoms with E-state index in [0.29, 0.717) is 0 Å². The Kier molecular flexibility index (Phi) is 2.98. The fourth-order valence-electron chi connectivity index (χ4n) is 0.268. The SMILES string of the molecule is FC(F)(F)C(=[C]Br)C(F)(F)F. The molecular formula is C4BrF6. The number of rotatable bonds is 0. The van der Waals surface area contributed by atoms with Crippen molar-refractivity contribution < 1.29 is 26.3 Å². The highest BCUT2D eigenvalue weighted by Gasteiger charge is 2.50. The van der Waals surface area contributed by atoms with Gasteiger partial charge in [0.15, 0.2) is 5.57 Å². The van der Waals surface area contributed by atoms with Crippen LogP contribution in [-0.4, -0.2) is 12.4 Å². The van der Waals surface area contributed by atoms with E-state index in [1.54, 1.807) is 0 Å². The monoisotopic (exact) mass is 241 g/mol. The zero-order valence-corrected chi connectivity index (χ0v) is 6.23. The van der Waals surface area contributed by atoms with Gasteiger partial charge in [0.05, 0.1) is 0 Å². The van der Waals surface area contributed by atoms with Crippen LogP contribution in [0.4, 0.5) is 26.3 Å². The second-order valence-corrected chi connectivity index (χ2v) is 1.86. The molecule has 0 aliphatic rings. The fraction of sp³-hybridized carbons (Fsp3) is 0.500. The van der Waals surface area contributed by atoms with Gasteiger partial charge in [-0.1, -0.05) is 0 Å². The van der Waals surface area contributed by atoms with E-state index in [9.17, 15) is 26.3 Å². The largest absolute Gasteiger partial charge is 0.422 e. The standard InChI is InChI=1S/C4BrF6/c5-1-2(3(6,7)8)4(9,10)11. The Morgan fingerprint density at radius 3 is 1.18 bits per heavy atom. The summed E-state index contributed by atoms with van der Waals surface area (Å²) in [6, 6.07) is 0.